The van der Waals surface area contributed by atoms with Gasteiger partial charge in [0.1, 0.15) is 5.60 Å². The molecule has 0 saturated heterocycles. The van der Waals surface area contributed by atoms with Crippen molar-refractivity contribution in [2.75, 3.05) is 0 Å². The second-order valence-electron chi connectivity index (χ2n) is 15.5. The highest BCUT2D eigenvalue weighted by molar-refractivity contribution is 6.64. The van der Waals surface area contributed by atoms with Crippen molar-refractivity contribution >= 4 is 60.9 Å². The molecule has 0 spiro atoms. The largest absolute Gasteiger partial charge is 0.481 e. The molecule has 2 aromatic heterocycles. The zero-order valence-electron chi connectivity index (χ0n) is 34.4. The second-order valence-corrected chi connectivity index (χ2v) is 15.5. The van der Waals surface area contributed by atoms with E-state index in [2.05, 4.69) is 20.4 Å². The third-order valence-electron chi connectivity index (χ3n) is 9.54. The van der Waals surface area contributed by atoms with Crippen molar-refractivity contribution in [2.45, 2.75) is 104 Å². The van der Waals surface area contributed by atoms with Gasteiger partial charge in [-0.05, 0) is 81.5 Å². The van der Waals surface area contributed by atoms with Crippen LogP contribution in [0.1, 0.15) is 75.4 Å². The monoisotopic (exact) mass is 746 g/mol. The molecule has 0 amide bonds. The van der Waals surface area contributed by atoms with Crippen LogP contribution in [-0.2, 0) is 36.8 Å². The van der Waals surface area contributed by atoms with Crippen molar-refractivity contribution in [3.63, 3.8) is 0 Å². The van der Waals surface area contributed by atoms with Crippen LogP contribution >= 0.6 is 0 Å². The topological polar surface area (TPSA) is 194 Å². The molecule has 7 N–H and O–H groups in total. The highest BCUT2D eigenvalue weighted by Crippen LogP contribution is 2.26. The van der Waals surface area contributed by atoms with Crippen LogP contribution in [0, 0.1) is 23.7 Å². The van der Waals surface area contributed by atoms with E-state index in [1.165, 1.54) is 14.8 Å². The molecule has 0 aliphatic heterocycles. The van der Waals surface area contributed by atoms with Gasteiger partial charge < -0.3 is 50.1 Å². The van der Waals surface area contributed by atoms with Crippen molar-refractivity contribution in [2.24, 2.45) is 23.7 Å². The van der Waals surface area contributed by atoms with Crippen molar-refractivity contribution in [1.29, 1.82) is 0 Å². The fourth-order valence-electron chi connectivity index (χ4n) is 6.54. The Morgan fingerprint density at radius 3 is 1.56 bits per heavy atom. The maximum Gasteiger partial charge on any atom is 0.309 e. The number of esters is 1. The van der Waals surface area contributed by atoms with E-state index in [9.17, 15) is 34.5 Å². The molecule has 0 bridgehead atoms. The van der Waals surface area contributed by atoms with Crippen LogP contribution in [-0.4, -0.2) is 94.3 Å². The lowest BCUT2D eigenvalue weighted by Gasteiger charge is -2.30. The molecule has 0 aliphatic rings. The number of benzene rings is 2. The van der Waals surface area contributed by atoms with Crippen molar-refractivity contribution in [3.05, 3.63) is 72.1 Å². The maximum absolute atomic E-state index is 12.6. The van der Waals surface area contributed by atoms with E-state index in [4.69, 9.17) is 7.71 Å². The minimum Gasteiger partial charge on any atom is -0.481 e. The third-order valence-corrected chi connectivity index (χ3v) is 9.54. The summed E-state index contributed by atoms with van der Waals surface area (Å²) in [7, 11) is 2.54. The Hall–Kier alpha value is -4.23. The number of H-pyrrole nitrogens is 2. The number of fused-ring (bicyclic) bond motifs is 2. The quantitative estimate of drug-likeness (QED) is 0.0380. The van der Waals surface area contributed by atoms with Crippen LogP contribution in [0.15, 0.2) is 60.9 Å². The summed E-state index contributed by atoms with van der Waals surface area (Å²) in [4.78, 5) is 52.0. The van der Waals surface area contributed by atoms with E-state index in [0.717, 1.165) is 32.9 Å². The van der Waals surface area contributed by atoms with E-state index in [1.54, 1.807) is 0 Å². The van der Waals surface area contributed by atoms with E-state index in [0.29, 0.717) is 25.2 Å². The van der Waals surface area contributed by atoms with Crippen LogP contribution in [0.5, 0.6) is 0 Å². The number of carboxylic acid groups (broad SMARTS) is 1. The van der Waals surface area contributed by atoms with Crippen LogP contribution in [0.4, 0.5) is 0 Å². The summed E-state index contributed by atoms with van der Waals surface area (Å²) in [6.45, 7) is 13.0. The van der Waals surface area contributed by atoms with Crippen LogP contribution < -0.4 is 10.5 Å². The summed E-state index contributed by atoms with van der Waals surface area (Å²) < 4.78 is 15.5. The third kappa shape index (κ3) is 13.3. The number of aliphatic hydroxyl groups is 2. The summed E-state index contributed by atoms with van der Waals surface area (Å²) >= 11 is 0. The fraction of sp³-hybridized carbons (Fsp3) is 0.500. The van der Waals surface area contributed by atoms with Gasteiger partial charge in [-0.1, -0.05) is 64.1 Å². The molecule has 6 atom stereocenters. The normalized spacial score (nSPS) is 15.2. The molecule has 54 heavy (non-hydrogen) atoms. The summed E-state index contributed by atoms with van der Waals surface area (Å²) in [6, 6.07) is 14.9. The van der Waals surface area contributed by atoms with Gasteiger partial charge in [-0.25, -0.2) is 0 Å². The lowest BCUT2D eigenvalue weighted by Crippen LogP contribution is -2.46. The van der Waals surface area contributed by atoms with Gasteiger partial charge in [-0.3, -0.25) is 9.59 Å². The lowest BCUT2D eigenvalue weighted by molar-refractivity contribution is -0.163. The predicted octanol–water partition coefficient (Wildman–Crippen LogP) is 4.67. The number of para-hydroxylation sites is 2. The Balaban J connectivity index is 0.000000374. The van der Waals surface area contributed by atoms with Crippen molar-refractivity contribution < 1.29 is 42.2 Å². The van der Waals surface area contributed by atoms with Crippen molar-refractivity contribution in [3.8, 4) is 0 Å². The number of ether oxygens (including phenoxy) is 1. The van der Waals surface area contributed by atoms with Gasteiger partial charge in [0.2, 0.25) is 0 Å². The second kappa shape index (κ2) is 21.0. The average molecular weight is 747 g/mol. The molecule has 2 aromatic carbocycles. The Kier molecular flexibility index (Phi) is 16.5. The van der Waals surface area contributed by atoms with Crippen molar-refractivity contribution in [1.82, 2.24) is 20.4 Å². The minimum atomic E-state index is -0.917. The Bertz CT molecular complexity index is 1800. The number of rotatable bonds is 20. The zero-order valence-corrected chi connectivity index (χ0v) is 32.4. The van der Waals surface area contributed by atoms with Crippen LogP contribution in [0.3, 0.4) is 0 Å². The van der Waals surface area contributed by atoms with Gasteiger partial charge in [0.15, 0.2) is 0 Å². The number of nitrogens with one attached hydrogen (secondary N) is 4. The summed E-state index contributed by atoms with van der Waals surface area (Å²) in [5, 5.41) is 38.9. The van der Waals surface area contributed by atoms with Gasteiger partial charge in [0, 0.05) is 49.3 Å². The molecule has 0 aliphatic carbocycles. The van der Waals surface area contributed by atoms with Crippen LogP contribution in [0.25, 0.3) is 21.8 Å². The van der Waals surface area contributed by atoms with Gasteiger partial charge in [0.05, 0.1) is 36.4 Å². The number of carboxylic acids is 1. The lowest BCUT2D eigenvalue weighted by atomic mass is 9.84. The number of carbonyl (C=O) groups excluding carboxylic acids is 3. The molecular weight excluding hydrogens is 686 g/mol. The average Bonchev–Trinajstić information content (AvgIpc) is 3.76. The molecule has 0 saturated carbocycles. The molecule has 14 heteroatoms. The number of hydrogen-bond acceptors (Lipinski definition) is 9. The first kappa shape index (κ1) is 42.5. The first-order valence-corrected chi connectivity index (χ1v) is 18.5. The number of aliphatic hydroxyl groups excluding tert-OH is 2. The van der Waals surface area contributed by atoms with E-state index in [-0.39, 0.29) is 30.6 Å². The first-order chi connectivity index (χ1) is 26.6. The van der Waals surface area contributed by atoms with Gasteiger partial charge in [0.25, 0.3) is 14.8 Å². The number of carbonyl (C=O) groups is 4. The van der Waals surface area contributed by atoms with Crippen LogP contribution in [0.2, 0.25) is 0 Å². The molecule has 2 radical (unpaired) electrons. The SMILES string of the molecule is CC(C)C(C[C@H](O)[C@H](Cc1c[nH]c2ccccc12)N[B]C=O)C(=O)O.CC(C)C(C[C@H](O)[C@H](Cc1c[nH]c2ccccc12)N[B]C=O)C(=O)OC(C)(C)C.[2H][2H]. The summed E-state index contributed by atoms with van der Waals surface area (Å²) in [5.74, 6) is -2.37. The maximum atomic E-state index is 12.6. The molecule has 0 fully saturated rings. The van der Waals surface area contributed by atoms with Gasteiger partial charge in [-0.2, -0.15) is 0 Å². The summed E-state index contributed by atoms with van der Waals surface area (Å²) in [6.07, 6.45) is 4.70. The molecule has 12 nitrogen and oxygen atoms in total. The molecule has 4 aromatic rings. The Morgan fingerprint density at radius 1 is 0.778 bits per heavy atom. The Morgan fingerprint density at radius 2 is 1.19 bits per heavy atom. The molecule has 2 unspecified atom stereocenters. The highest BCUT2D eigenvalue weighted by atomic mass is 16.6. The predicted molar refractivity (Wildman–Crippen MR) is 216 cm³/mol. The number of aromatic amines is 2. The number of aromatic nitrogens is 2. The minimum absolute atomic E-state index is 0.0169. The first-order valence-electron chi connectivity index (χ1n) is 19.5. The smallest absolute Gasteiger partial charge is 0.309 e. The fourth-order valence-corrected chi connectivity index (χ4v) is 6.54. The Labute approximate surface area is 322 Å². The highest BCUT2D eigenvalue weighted by Gasteiger charge is 2.33. The summed E-state index contributed by atoms with van der Waals surface area (Å²) in [5.41, 5.74) is 3.47. The molecule has 4 rings (SSSR count). The molecule has 2 heterocycles. The van der Waals surface area contributed by atoms with Gasteiger partial charge >= 0.3 is 11.9 Å². The van der Waals surface area contributed by atoms with E-state index >= 15 is 0 Å². The molecular formula is C40H58B2N4O8. The molecule has 292 valence electrons. The van der Waals surface area contributed by atoms with Gasteiger partial charge in [-0.15, -0.1) is 0 Å². The number of aliphatic carboxylic acids is 1. The van der Waals surface area contributed by atoms with E-state index < -0.39 is 47.7 Å². The zero-order chi connectivity index (χ0) is 42.0. The standard InChI is InChI=1S/C22H32BN2O4.C18H24BN2O4.H2/c1-14(2)17(21(28)29-22(3,4)5)11-20(27)19(25-23-13-26)10-15-12-24-18-9-7-6-8-16(15)18;1-11(2)14(18(24)25)8-17(23)16(21-19-10-22)7-12-9-20-15-6-4-3-5-13(12)15;/h6-9,12-14,17,19-20,24-25,27H,10-11H2,1-5H3;3-6,9-11,14,16-17,20-21,23H,7-8H2,1-2H3,(H,24,25);1H/t17?,19-,20-;14?,16-,17-;/m00./s1/i;;1+1D. The van der Waals surface area contributed by atoms with E-state index in [1.807, 2.05) is 109 Å². The number of hydrogen-bond donors (Lipinski definition) is 7.